The molecular formula is C12H19N3OS. The first-order valence-corrected chi connectivity index (χ1v) is 6.95. The lowest BCUT2D eigenvalue weighted by atomic mass is 10.2. The zero-order chi connectivity index (χ0) is 12.3. The second-order valence-corrected chi connectivity index (χ2v) is 5.26. The second-order valence-electron chi connectivity index (χ2n) is 4.34. The number of rotatable bonds is 3. The van der Waals surface area contributed by atoms with E-state index < -0.39 is 0 Å². The largest absolute Gasteiger partial charge is 0.397 e. The fourth-order valence-electron chi connectivity index (χ4n) is 2.13. The van der Waals surface area contributed by atoms with Crippen molar-refractivity contribution in [3.63, 3.8) is 0 Å². The highest BCUT2D eigenvalue weighted by molar-refractivity contribution is 7.12. The molecule has 1 aromatic rings. The fraction of sp³-hybridized carbons (Fsp3) is 0.583. The Kier molecular flexibility index (Phi) is 4.02. The number of hydrogen-bond donors (Lipinski definition) is 1. The first-order chi connectivity index (χ1) is 8.22. The van der Waals surface area contributed by atoms with E-state index >= 15 is 0 Å². The van der Waals surface area contributed by atoms with Crippen molar-refractivity contribution in [3.8, 4) is 0 Å². The molecule has 1 aromatic heterocycles. The Hall–Kier alpha value is -1.07. The smallest absolute Gasteiger partial charge is 0.266 e. The van der Waals surface area contributed by atoms with Crippen LogP contribution in [0.1, 0.15) is 23.0 Å². The van der Waals surface area contributed by atoms with Crippen molar-refractivity contribution in [2.75, 3.05) is 38.5 Å². The second kappa shape index (κ2) is 5.51. The zero-order valence-corrected chi connectivity index (χ0v) is 11.0. The highest BCUT2D eigenvalue weighted by Crippen LogP contribution is 2.21. The normalized spacial score (nSPS) is 17.4. The van der Waals surface area contributed by atoms with Gasteiger partial charge in [0.15, 0.2) is 0 Å². The van der Waals surface area contributed by atoms with Gasteiger partial charge in [0.25, 0.3) is 5.91 Å². The van der Waals surface area contributed by atoms with E-state index in [4.69, 9.17) is 5.73 Å². The molecule has 0 aliphatic carbocycles. The number of anilines is 1. The maximum atomic E-state index is 12.2. The molecule has 1 amide bonds. The van der Waals surface area contributed by atoms with E-state index in [-0.39, 0.29) is 5.91 Å². The van der Waals surface area contributed by atoms with E-state index in [1.165, 1.54) is 17.8 Å². The molecule has 5 heteroatoms. The molecule has 1 fully saturated rings. The van der Waals surface area contributed by atoms with Crippen LogP contribution in [-0.4, -0.2) is 48.4 Å². The lowest BCUT2D eigenvalue weighted by molar-refractivity contribution is 0.0643. The molecule has 1 aliphatic rings. The van der Waals surface area contributed by atoms with Crippen LogP contribution in [0.15, 0.2) is 11.4 Å². The minimum atomic E-state index is 0.0913. The molecule has 0 unspecified atom stereocenters. The van der Waals surface area contributed by atoms with Crippen LogP contribution in [0.4, 0.5) is 5.69 Å². The van der Waals surface area contributed by atoms with Gasteiger partial charge in [0.2, 0.25) is 0 Å². The van der Waals surface area contributed by atoms with Gasteiger partial charge >= 0.3 is 0 Å². The van der Waals surface area contributed by atoms with Crippen LogP contribution >= 0.6 is 11.3 Å². The van der Waals surface area contributed by atoms with E-state index in [1.54, 1.807) is 6.07 Å². The van der Waals surface area contributed by atoms with Crippen LogP contribution in [0.25, 0.3) is 0 Å². The van der Waals surface area contributed by atoms with Crippen LogP contribution in [0.3, 0.4) is 0 Å². The molecule has 1 aliphatic heterocycles. The predicted octanol–water partition coefficient (Wildman–Crippen LogP) is 1.50. The highest BCUT2D eigenvalue weighted by Gasteiger charge is 2.23. The summed E-state index contributed by atoms with van der Waals surface area (Å²) in [7, 11) is 0. The molecule has 2 heterocycles. The van der Waals surface area contributed by atoms with Crippen LogP contribution < -0.4 is 5.73 Å². The zero-order valence-electron chi connectivity index (χ0n) is 10.2. The van der Waals surface area contributed by atoms with Crippen molar-refractivity contribution in [3.05, 3.63) is 16.3 Å². The van der Waals surface area contributed by atoms with Gasteiger partial charge in [0.1, 0.15) is 4.88 Å². The van der Waals surface area contributed by atoms with Crippen LogP contribution in [0.2, 0.25) is 0 Å². The summed E-state index contributed by atoms with van der Waals surface area (Å²) in [6.07, 6.45) is 1.17. The van der Waals surface area contributed by atoms with Gasteiger partial charge in [-0.25, -0.2) is 0 Å². The van der Waals surface area contributed by atoms with Crippen molar-refractivity contribution in [2.45, 2.75) is 13.3 Å². The summed E-state index contributed by atoms with van der Waals surface area (Å²) in [5.74, 6) is 0.0913. The molecule has 0 radical (unpaired) electrons. The van der Waals surface area contributed by atoms with E-state index in [9.17, 15) is 4.79 Å². The third-order valence-electron chi connectivity index (χ3n) is 3.09. The molecule has 2 rings (SSSR count). The van der Waals surface area contributed by atoms with Crippen LogP contribution in [0, 0.1) is 0 Å². The molecule has 1 saturated heterocycles. The summed E-state index contributed by atoms with van der Waals surface area (Å²) in [4.78, 5) is 17.2. The summed E-state index contributed by atoms with van der Waals surface area (Å²) in [5, 5.41) is 1.87. The number of hydrogen-bond acceptors (Lipinski definition) is 4. The average Bonchev–Trinajstić information content (AvgIpc) is 2.76. The molecule has 0 spiro atoms. The Morgan fingerprint density at radius 3 is 2.65 bits per heavy atom. The highest BCUT2D eigenvalue weighted by atomic mass is 32.1. The summed E-state index contributed by atoms with van der Waals surface area (Å²) >= 11 is 1.43. The maximum Gasteiger partial charge on any atom is 0.266 e. The molecule has 17 heavy (non-hydrogen) atoms. The molecule has 0 aromatic carbocycles. The maximum absolute atomic E-state index is 12.2. The quantitative estimate of drug-likeness (QED) is 0.888. The van der Waals surface area contributed by atoms with Crippen molar-refractivity contribution >= 4 is 22.9 Å². The van der Waals surface area contributed by atoms with Crippen LogP contribution in [0.5, 0.6) is 0 Å². The van der Waals surface area contributed by atoms with Crippen molar-refractivity contribution in [2.24, 2.45) is 0 Å². The monoisotopic (exact) mass is 253 g/mol. The predicted molar refractivity (Wildman–Crippen MR) is 71.4 cm³/mol. The fourth-order valence-corrected chi connectivity index (χ4v) is 2.91. The lowest BCUT2D eigenvalue weighted by Crippen LogP contribution is -2.48. The minimum absolute atomic E-state index is 0.0913. The van der Waals surface area contributed by atoms with E-state index in [0.29, 0.717) is 10.6 Å². The third-order valence-corrected chi connectivity index (χ3v) is 4.01. The van der Waals surface area contributed by atoms with Crippen molar-refractivity contribution in [1.82, 2.24) is 9.80 Å². The summed E-state index contributed by atoms with van der Waals surface area (Å²) in [6, 6.07) is 1.80. The SMILES string of the molecule is CCCN1CCN(C(=O)c2sccc2N)CC1. The molecule has 2 N–H and O–H groups in total. The lowest BCUT2D eigenvalue weighted by Gasteiger charge is -2.34. The van der Waals surface area contributed by atoms with E-state index in [1.807, 2.05) is 10.3 Å². The van der Waals surface area contributed by atoms with Crippen LogP contribution in [-0.2, 0) is 0 Å². The van der Waals surface area contributed by atoms with Gasteiger partial charge in [-0.1, -0.05) is 6.92 Å². The number of carbonyl (C=O) groups is 1. The Bertz CT molecular complexity index is 383. The Labute approximate surface area is 106 Å². The Morgan fingerprint density at radius 1 is 1.41 bits per heavy atom. The van der Waals surface area contributed by atoms with Crippen molar-refractivity contribution in [1.29, 1.82) is 0 Å². The van der Waals surface area contributed by atoms with E-state index in [2.05, 4.69) is 11.8 Å². The summed E-state index contributed by atoms with van der Waals surface area (Å²) < 4.78 is 0. The number of nitrogens with zero attached hydrogens (tertiary/aromatic N) is 2. The number of amides is 1. The number of piperazine rings is 1. The molecule has 94 valence electrons. The summed E-state index contributed by atoms with van der Waals surface area (Å²) in [6.45, 7) is 6.90. The van der Waals surface area contributed by atoms with Crippen molar-refractivity contribution < 1.29 is 4.79 Å². The molecule has 0 bridgehead atoms. The van der Waals surface area contributed by atoms with Gasteiger partial charge in [-0.3, -0.25) is 9.69 Å². The first kappa shape index (κ1) is 12.4. The molecule has 0 saturated carbocycles. The van der Waals surface area contributed by atoms with Gasteiger partial charge in [0, 0.05) is 26.2 Å². The van der Waals surface area contributed by atoms with Gasteiger partial charge in [-0.2, -0.15) is 0 Å². The molecule has 0 atom stereocenters. The third kappa shape index (κ3) is 2.79. The Morgan fingerprint density at radius 2 is 2.12 bits per heavy atom. The van der Waals surface area contributed by atoms with Gasteiger partial charge in [-0.15, -0.1) is 11.3 Å². The molecular weight excluding hydrogens is 234 g/mol. The van der Waals surface area contributed by atoms with Gasteiger partial charge in [0.05, 0.1) is 5.69 Å². The number of thiophene rings is 1. The number of carbonyl (C=O) groups excluding carboxylic acids is 1. The van der Waals surface area contributed by atoms with E-state index in [0.717, 1.165) is 32.7 Å². The first-order valence-electron chi connectivity index (χ1n) is 6.07. The topological polar surface area (TPSA) is 49.6 Å². The number of nitrogen functional groups attached to an aromatic ring is 1. The standard InChI is InChI=1S/C12H19N3OS/c1-2-4-14-5-7-15(8-6-14)12(16)11-10(13)3-9-17-11/h3,9H,2,4-8,13H2,1H3. The minimum Gasteiger partial charge on any atom is -0.397 e. The van der Waals surface area contributed by atoms with Gasteiger partial charge in [-0.05, 0) is 24.4 Å². The molecule has 4 nitrogen and oxygen atoms in total. The average molecular weight is 253 g/mol. The number of nitrogens with two attached hydrogens (primary N) is 1. The Balaban J connectivity index is 1.93. The van der Waals surface area contributed by atoms with Gasteiger partial charge < -0.3 is 10.6 Å². The summed E-state index contributed by atoms with van der Waals surface area (Å²) in [5.41, 5.74) is 6.38.